The molecule has 2 aliphatic heterocycles. The number of piperidine rings is 2. The number of hydrogen-bond donors (Lipinski definition) is 0. The Balaban J connectivity index is 1.47. The molecule has 2 aromatic rings. The van der Waals surface area contributed by atoms with Crippen LogP contribution in [0.15, 0.2) is 29.9 Å². The van der Waals surface area contributed by atoms with Crippen LogP contribution in [0.5, 0.6) is 0 Å². The highest BCUT2D eigenvalue weighted by molar-refractivity contribution is 7.09. The van der Waals surface area contributed by atoms with Gasteiger partial charge < -0.3 is 9.80 Å². The van der Waals surface area contributed by atoms with Crippen LogP contribution in [-0.2, 0) is 11.0 Å². The van der Waals surface area contributed by atoms with Gasteiger partial charge in [0.15, 0.2) is 0 Å². The van der Waals surface area contributed by atoms with Gasteiger partial charge in [-0.15, -0.1) is 11.3 Å². The molecule has 5 nitrogen and oxygen atoms in total. The van der Waals surface area contributed by atoms with Crippen molar-refractivity contribution in [3.8, 4) is 0 Å². The van der Waals surface area contributed by atoms with Gasteiger partial charge in [0.1, 0.15) is 5.82 Å². The van der Waals surface area contributed by atoms with Crippen LogP contribution in [0.25, 0.3) is 0 Å². The van der Waals surface area contributed by atoms with E-state index in [0.29, 0.717) is 32.5 Å². The Bertz CT molecular complexity index is 843. The number of alkyl halides is 3. The maximum Gasteiger partial charge on any atom is 0.419 e. The molecule has 0 bridgehead atoms. The van der Waals surface area contributed by atoms with E-state index in [4.69, 9.17) is 0 Å². The first-order valence-electron chi connectivity index (χ1n) is 9.89. The average molecular weight is 424 g/mol. The van der Waals surface area contributed by atoms with Crippen LogP contribution in [0.1, 0.15) is 42.2 Å². The van der Waals surface area contributed by atoms with Gasteiger partial charge in [-0.1, -0.05) is 0 Å². The molecule has 1 amide bonds. The topological polar surface area (TPSA) is 49.3 Å². The monoisotopic (exact) mass is 424 g/mol. The van der Waals surface area contributed by atoms with Gasteiger partial charge in [0.25, 0.3) is 0 Å². The van der Waals surface area contributed by atoms with Crippen LogP contribution in [0, 0.1) is 5.92 Å². The summed E-state index contributed by atoms with van der Waals surface area (Å²) >= 11 is 1.61. The first kappa shape index (κ1) is 20.1. The van der Waals surface area contributed by atoms with E-state index in [1.807, 2.05) is 10.3 Å². The second-order valence-electron chi connectivity index (χ2n) is 7.65. The molecular weight excluding hydrogens is 401 g/mol. The van der Waals surface area contributed by atoms with E-state index < -0.39 is 11.7 Å². The van der Waals surface area contributed by atoms with Gasteiger partial charge in [-0.05, 0) is 37.8 Å². The summed E-state index contributed by atoms with van der Waals surface area (Å²) in [5.41, 5.74) is -0.741. The maximum absolute atomic E-state index is 13.4. The zero-order valence-corrected chi connectivity index (χ0v) is 16.8. The first-order chi connectivity index (χ1) is 13.9. The van der Waals surface area contributed by atoms with E-state index in [1.54, 1.807) is 22.4 Å². The number of halogens is 3. The molecule has 4 rings (SSSR count). The van der Waals surface area contributed by atoms with Crippen molar-refractivity contribution in [2.45, 2.75) is 37.8 Å². The molecule has 2 unspecified atom stereocenters. The second kappa shape index (κ2) is 8.30. The van der Waals surface area contributed by atoms with Crippen molar-refractivity contribution < 1.29 is 18.0 Å². The number of likely N-dealkylation sites (tertiary alicyclic amines) is 1. The fourth-order valence-corrected chi connectivity index (χ4v) is 5.08. The standard InChI is InChI=1S/C20H23F3N4OS/c21-20(22,23)16-6-1-7-24-17(16)26-9-3-5-15(13-26)19(28)27-10-2-4-14(12-27)18-25-8-11-29-18/h1,6-8,11,14-15H,2-5,9-10,12-13H2. The molecule has 2 atom stereocenters. The normalized spacial score (nSPS) is 23.3. The Kier molecular flexibility index (Phi) is 5.76. The number of hydrogen-bond acceptors (Lipinski definition) is 5. The van der Waals surface area contributed by atoms with Crippen molar-refractivity contribution in [1.82, 2.24) is 14.9 Å². The molecule has 2 saturated heterocycles. The summed E-state index contributed by atoms with van der Waals surface area (Å²) in [5.74, 6) is -0.0841. The minimum Gasteiger partial charge on any atom is -0.355 e. The first-order valence-corrected chi connectivity index (χ1v) is 10.8. The van der Waals surface area contributed by atoms with Gasteiger partial charge in [-0.25, -0.2) is 9.97 Å². The van der Waals surface area contributed by atoms with E-state index >= 15 is 0 Å². The highest BCUT2D eigenvalue weighted by Crippen LogP contribution is 2.37. The number of amides is 1. The lowest BCUT2D eigenvalue weighted by molar-refractivity contribution is -0.137. The third-order valence-electron chi connectivity index (χ3n) is 5.70. The zero-order chi connectivity index (χ0) is 20.4. The summed E-state index contributed by atoms with van der Waals surface area (Å²) in [6, 6.07) is 2.35. The lowest BCUT2D eigenvalue weighted by atomic mass is 9.93. The van der Waals surface area contributed by atoms with Crippen LogP contribution >= 0.6 is 11.3 Å². The molecule has 0 spiro atoms. The number of nitrogens with zero attached hydrogens (tertiary/aromatic N) is 4. The van der Waals surface area contributed by atoms with Gasteiger partial charge in [0, 0.05) is 49.9 Å². The van der Waals surface area contributed by atoms with Gasteiger partial charge >= 0.3 is 6.18 Å². The van der Waals surface area contributed by atoms with Gasteiger partial charge in [-0.3, -0.25) is 4.79 Å². The van der Waals surface area contributed by atoms with Crippen molar-refractivity contribution in [1.29, 1.82) is 0 Å². The number of anilines is 1. The fourth-order valence-electron chi connectivity index (χ4n) is 4.31. The van der Waals surface area contributed by atoms with Crippen LogP contribution in [-0.4, -0.2) is 47.0 Å². The number of rotatable bonds is 3. The number of aromatic nitrogens is 2. The molecule has 0 aromatic carbocycles. The van der Waals surface area contributed by atoms with Gasteiger partial charge in [0.2, 0.25) is 5.91 Å². The molecule has 0 N–H and O–H groups in total. The van der Waals surface area contributed by atoms with Crippen molar-refractivity contribution in [2.75, 3.05) is 31.1 Å². The van der Waals surface area contributed by atoms with Crippen LogP contribution < -0.4 is 4.90 Å². The summed E-state index contributed by atoms with van der Waals surface area (Å²) in [6.07, 6.45) is 2.00. The molecule has 2 aliphatic rings. The van der Waals surface area contributed by atoms with Crippen molar-refractivity contribution in [2.24, 2.45) is 5.92 Å². The van der Waals surface area contributed by atoms with E-state index in [1.165, 1.54) is 12.3 Å². The number of carbonyl (C=O) groups is 1. The van der Waals surface area contributed by atoms with Crippen LogP contribution in [0.4, 0.5) is 19.0 Å². The molecule has 9 heteroatoms. The number of pyridine rings is 1. The zero-order valence-electron chi connectivity index (χ0n) is 15.9. The minimum atomic E-state index is -4.46. The van der Waals surface area contributed by atoms with Gasteiger partial charge in [0.05, 0.1) is 16.5 Å². The molecule has 156 valence electrons. The lowest BCUT2D eigenvalue weighted by Gasteiger charge is -2.38. The Morgan fingerprint density at radius 3 is 2.69 bits per heavy atom. The Labute approximate surface area is 171 Å². The molecule has 2 fully saturated rings. The largest absolute Gasteiger partial charge is 0.419 e. The summed E-state index contributed by atoms with van der Waals surface area (Å²) in [6.45, 7) is 2.10. The van der Waals surface area contributed by atoms with Crippen molar-refractivity contribution >= 4 is 23.1 Å². The summed E-state index contributed by atoms with van der Waals surface area (Å²) < 4.78 is 40.1. The SMILES string of the molecule is O=C(C1CCCN(c2ncccc2C(F)(F)F)C1)N1CCCC(c2nccs2)C1. The summed E-state index contributed by atoms with van der Waals surface area (Å²) in [7, 11) is 0. The van der Waals surface area contributed by atoms with E-state index in [2.05, 4.69) is 9.97 Å². The highest BCUT2D eigenvalue weighted by atomic mass is 32.1. The van der Waals surface area contributed by atoms with Gasteiger partial charge in [-0.2, -0.15) is 13.2 Å². The van der Waals surface area contributed by atoms with E-state index in [9.17, 15) is 18.0 Å². The van der Waals surface area contributed by atoms with E-state index in [-0.39, 0.29) is 30.1 Å². The molecule has 4 heterocycles. The highest BCUT2D eigenvalue weighted by Gasteiger charge is 2.38. The Morgan fingerprint density at radius 2 is 1.93 bits per heavy atom. The fraction of sp³-hybridized carbons (Fsp3) is 0.550. The third kappa shape index (κ3) is 4.39. The maximum atomic E-state index is 13.4. The molecule has 29 heavy (non-hydrogen) atoms. The molecule has 0 saturated carbocycles. The number of thiazole rings is 1. The smallest absolute Gasteiger partial charge is 0.355 e. The van der Waals surface area contributed by atoms with Crippen LogP contribution in [0.2, 0.25) is 0 Å². The van der Waals surface area contributed by atoms with E-state index in [0.717, 1.165) is 23.9 Å². The number of carbonyl (C=O) groups excluding carboxylic acids is 1. The Hall–Kier alpha value is -2.16. The van der Waals surface area contributed by atoms with Crippen LogP contribution in [0.3, 0.4) is 0 Å². The average Bonchev–Trinajstić information content (AvgIpc) is 3.28. The minimum absolute atomic E-state index is 0.0421. The predicted octanol–water partition coefficient (Wildman–Crippen LogP) is 4.18. The molecule has 0 aliphatic carbocycles. The molecule has 0 radical (unpaired) electrons. The van der Waals surface area contributed by atoms with Crippen molar-refractivity contribution in [3.63, 3.8) is 0 Å². The summed E-state index contributed by atoms with van der Waals surface area (Å²) in [5, 5.41) is 3.00. The quantitative estimate of drug-likeness (QED) is 0.742. The predicted molar refractivity (Wildman–Crippen MR) is 105 cm³/mol. The second-order valence-corrected chi connectivity index (χ2v) is 8.58. The third-order valence-corrected chi connectivity index (χ3v) is 6.63. The lowest BCUT2D eigenvalue weighted by Crippen LogP contribution is -2.48. The summed E-state index contributed by atoms with van der Waals surface area (Å²) in [4.78, 5) is 25.1. The van der Waals surface area contributed by atoms with Crippen molar-refractivity contribution in [3.05, 3.63) is 40.5 Å². The molecule has 2 aromatic heterocycles. The molecular formula is C20H23F3N4OS. The Morgan fingerprint density at radius 1 is 1.10 bits per heavy atom.